The number of carbonyl (C=O) groups is 1. The van der Waals surface area contributed by atoms with Gasteiger partial charge in [0.25, 0.3) is 0 Å². The number of benzene rings is 1. The van der Waals surface area contributed by atoms with Crippen LogP contribution in [-0.4, -0.2) is 28.3 Å². The first-order chi connectivity index (χ1) is 11.3. The first kappa shape index (κ1) is 15.0. The smallest absolute Gasteiger partial charge is 0.315 e. The van der Waals surface area contributed by atoms with E-state index in [1.165, 1.54) is 0 Å². The molecule has 0 atom stereocenters. The summed E-state index contributed by atoms with van der Waals surface area (Å²) in [7, 11) is 1.97. The van der Waals surface area contributed by atoms with E-state index in [-0.39, 0.29) is 18.3 Å². The molecule has 0 spiro atoms. The fourth-order valence-corrected chi connectivity index (χ4v) is 2.21. The maximum absolute atomic E-state index is 12.1. The molecule has 0 unspecified atom stereocenters. The number of pyridine rings is 1. The van der Waals surface area contributed by atoms with Crippen molar-refractivity contribution in [2.75, 3.05) is 5.32 Å². The van der Waals surface area contributed by atoms with Gasteiger partial charge in [-0.15, -0.1) is 0 Å². The molecule has 1 N–H and O–H groups in total. The molecule has 3 aromatic rings. The molecule has 0 fully saturated rings. The van der Waals surface area contributed by atoms with E-state index >= 15 is 0 Å². The average Bonchev–Trinajstić information content (AvgIpc) is 3.04. The van der Waals surface area contributed by atoms with Gasteiger partial charge in [0, 0.05) is 18.0 Å². The second-order valence-corrected chi connectivity index (χ2v) is 4.87. The van der Waals surface area contributed by atoms with Crippen LogP contribution in [-0.2, 0) is 11.2 Å². The lowest BCUT2D eigenvalue weighted by molar-refractivity contribution is -0.115. The molecule has 0 saturated carbocycles. The number of rotatable bonds is 5. The zero-order valence-corrected chi connectivity index (χ0v) is 12.6. The van der Waals surface area contributed by atoms with Gasteiger partial charge in [-0.1, -0.05) is 41.7 Å². The Balaban J connectivity index is 1.68. The predicted molar refractivity (Wildman–Crippen MR) is 87.6 cm³/mol. The first-order valence-corrected chi connectivity index (χ1v) is 7.17. The van der Waals surface area contributed by atoms with Gasteiger partial charge in [0.2, 0.25) is 11.7 Å². The summed E-state index contributed by atoms with van der Waals surface area (Å²) >= 11 is 0. The molecule has 7 heteroatoms. The molecule has 0 aliphatic heterocycles. The zero-order valence-electron chi connectivity index (χ0n) is 12.6. The minimum atomic E-state index is -0.204. The summed E-state index contributed by atoms with van der Waals surface area (Å²) in [6.45, 7) is 1.94. The Bertz CT molecular complexity index is 805. The molecular weight excluding hydrogens is 291 g/mol. The second-order valence-electron chi connectivity index (χ2n) is 4.87. The molecule has 23 heavy (non-hydrogen) atoms. The maximum atomic E-state index is 12.1. The molecule has 1 amide bonds. The molecule has 3 rings (SSSR count). The zero-order chi connectivity index (χ0) is 16.1. The fraction of sp³-hybridized carbons (Fsp3) is 0.125. The summed E-state index contributed by atoms with van der Waals surface area (Å²) in [6, 6.07) is 11.4. The number of anilines is 1. The highest BCUT2D eigenvalue weighted by molar-refractivity contribution is 6.52. The lowest BCUT2D eigenvalue weighted by Crippen LogP contribution is -2.22. The Hall–Kier alpha value is -2.96. The lowest BCUT2D eigenvalue weighted by atomic mass is 9.70. The predicted octanol–water partition coefficient (Wildman–Crippen LogP) is 1.69. The number of hydrogen-bond donors (Lipinski definition) is 1. The van der Waals surface area contributed by atoms with Crippen LogP contribution in [0.5, 0.6) is 0 Å². The van der Waals surface area contributed by atoms with Crippen LogP contribution >= 0.6 is 0 Å². The van der Waals surface area contributed by atoms with Crippen LogP contribution in [0.3, 0.4) is 0 Å². The molecule has 0 aliphatic rings. The van der Waals surface area contributed by atoms with Gasteiger partial charge in [0.05, 0.1) is 6.42 Å². The number of nitrogens with zero attached hydrogens (tertiary/aromatic N) is 3. The van der Waals surface area contributed by atoms with Crippen LogP contribution in [0.25, 0.3) is 11.4 Å². The van der Waals surface area contributed by atoms with E-state index < -0.39 is 0 Å². The molecule has 1 radical (unpaired) electrons. The van der Waals surface area contributed by atoms with E-state index in [2.05, 4.69) is 20.4 Å². The van der Waals surface area contributed by atoms with Crippen LogP contribution in [0.2, 0.25) is 6.82 Å². The Labute approximate surface area is 134 Å². The van der Waals surface area contributed by atoms with Gasteiger partial charge in [-0.3, -0.25) is 15.1 Å². The van der Waals surface area contributed by atoms with Gasteiger partial charge >= 0.3 is 6.01 Å². The molecule has 0 aliphatic carbocycles. The Morgan fingerprint density at radius 3 is 2.78 bits per heavy atom. The topological polar surface area (TPSA) is 80.9 Å². The summed E-state index contributed by atoms with van der Waals surface area (Å²) in [5.74, 6) is 0.203. The lowest BCUT2D eigenvalue weighted by Gasteiger charge is -2.06. The van der Waals surface area contributed by atoms with Gasteiger partial charge in [-0.2, -0.15) is 4.98 Å². The normalized spacial score (nSPS) is 10.3. The van der Waals surface area contributed by atoms with Crippen molar-refractivity contribution in [3.63, 3.8) is 0 Å². The summed E-state index contributed by atoms with van der Waals surface area (Å²) < 4.78 is 5.06. The van der Waals surface area contributed by atoms with E-state index in [0.717, 1.165) is 16.6 Å². The standard InChI is InChI=1S/C16H14BN4O2/c1-17-13-5-3-2-4-12(13)10-14(22)19-16-20-15(21-23-16)11-6-8-18-9-7-11/h2-9H,10H2,1H3,(H,19,20,21,22). The molecule has 2 heterocycles. The van der Waals surface area contributed by atoms with Crippen molar-refractivity contribution >= 4 is 24.7 Å². The number of hydrogen-bond acceptors (Lipinski definition) is 5. The van der Waals surface area contributed by atoms with Crippen molar-refractivity contribution in [3.05, 3.63) is 54.4 Å². The highest BCUT2D eigenvalue weighted by Gasteiger charge is 2.12. The van der Waals surface area contributed by atoms with Gasteiger partial charge in [-0.05, 0) is 17.7 Å². The summed E-state index contributed by atoms with van der Waals surface area (Å²) in [5.41, 5.74) is 2.75. The van der Waals surface area contributed by atoms with Gasteiger partial charge in [0.1, 0.15) is 7.28 Å². The van der Waals surface area contributed by atoms with Crippen molar-refractivity contribution in [2.45, 2.75) is 13.2 Å². The van der Waals surface area contributed by atoms with E-state index in [4.69, 9.17) is 4.52 Å². The highest BCUT2D eigenvalue weighted by atomic mass is 16.5. The summed E-state index contributed by atoms with van der Waals surface area (Å²) in [4.78, 5) is 20.2. The van der Waals surface area contributed by atoms with E-state index in [1.807, 2.05) is 38.4 Å². The first-order valence-electron chi connectivity index (χ1n) is 7.17. The molecule has 6 nitrogen and oxygen atoms in total. The number of amides is 1. The van der Waals surface area contributed by atoms with Crippen molar-refractivity contribution in [1.82, 2.24) is 15.1 Å². The Morgan fingerprint density at radius 1 is 1.22 bits per heavy atom. The second kappa shape index (κ2) is 6.87. The van der Waals surface area contributed by atoms with Crippen LogP contribution in [0, 0.1) is 0 Å². The molecule has 0 bridgehead atoms. The van der Waals surface area contributed by atoms with E-state index in [1.54, 1.807) is 24.5 Å². The minimum Gasteiger partial charge on any atom is -0.315 e. The monoisotopic (exact) mass is 305 g/mol. The van der Waals surface area contributed by atoms with Gasteiger partial charge in [0.15, 0.2) is 0 Å². The number of nitrogens with one attached hydrogen (secondary N) is 1. The van der Waals surface area contributed by atoms with Crippen molar-refractivity contribution < 1.29 is 9.32 Å². The fourth-order valence-electron chi connectivity index (χ4n) is 2.21. The maximum Gasteiger partial charge on any atom is 0.328 e. The summed E-state index contributed by atoms with van der Waals surface area (Å²) in [5, 5.41) is 6.47. The van der Waals surface area contributed by atoms with Gasteiger partial charge in [-0.25, -0.2) is 0 Å². The van der Waals surface area contributed by atoms with Crippen LogP contribution in [0.15, 0.2) is 53.3 Å². The summed E-state index contributed by atoms with van der Waals surface area (Å²) in [6.07, 6.45) is 3.53. The van der Waals surface area contributed by atoms with E-state index in [9.17, 15) is 4.79 Å². The highest BCUT2D eigenvalue weighted by Crippen LogP contribution is 2.16. The third kappa shape index (κ3) is 3.63. The number of aromatic nitrogens is 3. The molecular formula is C16H14BN4O2. The van der Waals surface area contributed by atoms with Crippen molar-refractivity contribution in [1.29, 1.82) is 0 Å². The van der Waals surface area contributed by atoms with Crippen LogP contribution < -0.4 is 10.8 Å². The Morgan fingerprint density at radius 2 is 2.00 bits per heavy atom. The average molecular weight is 305 g/mol. The SMILES string of the molecule is C[B]c1ccccc1CC(=O)Nc1nc(-c2ccncc2)no1. The molecule has 1 aromatic carbocycles. The van der Waals surface area contributed by atoms with Gasteiger partial charge < -0.3 is 4.52 Å². The molecule has 113 valence electrons. The quantitative estimate of drug-likeness (QED) is 0.725. The largest absolute Gasteiger partial charge is 0.328 e. The molecule has 0 saturated heterocycles. The van der Waals surface area contributed by atoms with Crippen molar-refractivity contribution in [2.24, 2.45) is 0 Å². The molecule has 2 aromatic heterocycles. The van der Waals surface area contributed by atoms with Crippen LogP contribution in [0.4, 0.5) is 6.01 Å². The van der Waals surface area contributed by atoms with E-state index in [0.29, 0.717) is 5.82 Å². The Kier molecular flexibility index (Phi) is 4.47. The van der Waals surface area contributed by atoms with Crippen molar-refractivity contribution in [3.8, 4) is 11.4 Å². The third-order valence-electron chi connectivity index (χ3n) is 3.33. The minimum absolute atomic E-state index is 0.0831. The third-order valence-corrected chi connectivity index (χ3v) is 3.33. The van der Waals surface area contributed by atoms with Crippen LogP contribution in [0.1, 0.15) is 5.56 Å². The number of carbonyl (C=O) groups excluding carboxylic acids is 1.